The number of rotatable bonds is 13. The van der Waals surface area contributed by atoms with Crippen molar-refractivity contribution >= 4 is 33.9 Å². The number of anilines is 1. The Morgan fingerprint density at radius 1 is 1.03 bits per heavy atom. The van der Waals surface area contributed by atoms with Gasteiger partial charge < -0.3 is 25.7 Å². The fourth-order valence-electron chi connectivity index (χ4n) is 3.19. The molecule has 0 atom stereocenters. The van der Waals surface area contributed by atoms with E-state index in [1.54, 1.807) is 23.5 Å². The van der Waals surface area contributed by atoms with Gasteiger partial charge in [-0.3, -0.25) is 0 Å². The number of nitrogens with two attached hydrogens (primary N) is 1. The molecule has 0 bridgehead atoms. The van der Waals surface area contributed by atoms with E-state index in [2.05, 4.69) is 15.5 Å². The molecule has 0 amide bonds. The Hall–Kier alpha value is -2.97. The normalized spacial score (nSPS) is 11.4. The first-order chi connectivity index (χ1) is 16.1. The van der Waals surface area contributed by atoms with E-state index >= 15 is 0 Å². The van der Waals surface area contributed by atoms with E-state index in [0.29, 0.717) is 24.7 Å². The number of nitrogens with one attached hydrogen (secondary N) is 1. The number of ether oxygens (including phenoxy) is 2. The van der Waals surface area contributed by atoms with Crippen molar-refractivity contribution in [3.05, 3.63) is 59.0 Å². The molecule has 4 N–H and O–H groups in total. The summed E-state index contributed by atoms with van der Waals surface area (Å²) in [6, 6.07) is 15.2. The lowest BCUT2D eigenvalue weighted by molar-refractivity contribution is 0.279. The molecule has 0 saturated carbocycles. The zero-order chi connectivity index (χ0) is 23.5. The molecular weight excluding hydrogens is 460 g/mol. The van der Waals surface area contributed by atoms with Crippen LogP contribution in [0.1, 0.15) is 29.7 Å². The number of aryl methyl sites for hydroxylation is 1. The van der Waals surface area contributed by atoms with Crippen LogP contribution in [-0.4, -0.2) is 42.2 Å². The first kappa shape index (κ1) is 24.7. The molecule has 3 aromatic rings. The zero-order valence-electron chi connectivity index (χ0n) is 18.6. The summed E-state index contributed by atoms with van der Waals surface area (Å²) in [4.78, 5) is 5.85. The molecule has 0 aliphatic carbocycles. The van der Waals surface area contributed by atoms with Gasteiger partial charge in [0.15, 0.2) is 11.0 Å². The molecule has 0 spiro atoms. The van der Waals surface area contributed by atoms with Gasteiger partial charge in [-0.15, -0.1) is 22.9 Å². The van der Waals surface area contributed by atoms with Crippen LogP contribution in [0.5, 0.6) is 11.5 Å². The summed E-state index contributed by atoms with van der Waals surface area (Å²) in [5.74, 6) is 2.27. The third-order valence-electron chi connectivity index (χ3n) is 4.94. The molecule has 2 aromatic carbocycles. The number of hydrogen-bond donors (Lipinski definition) is 3. The van der Waals surface area contributed by atoms with E-state index in [1.165, 1.54) is 4.88 Å². The van der Waals surface area contributed by atoms with Gasteiger partial charge in [-0.05, 0) is 74.2 Å². The van der Waals surface area contributed by atoms with E-state index in [-0.39, 0.29) is 5.84 Å². The van der Waals surface area contributed by atoms with Gasteiger partial charge in [0.05, 0.1) is 18.9 Å². The number of hydrogen-bond acceptors (Lipinski definition) is 7. The number of oxime groups is 1. The minimum Gasteiger partial charge on any atom is -0.494 e. The minimum absolute atomic E-state index is 0.0818. The fraction of sp³-hybridized carbons (Fsp3) is 0.333. The Balaban J connectivity index is 1.36. The van der Waals surface area contributed by atoms with Gasteiger partial charge in [0.1, 0.15) is 11.5 Å². The summed E-state index contributed by atoms with van der Waals surface area (Å²) in [7, 11) is 1.87. The van der Waals surface area contributed by atoms with E-state index in [1.807, 2.05) is 43.4 Å². The summed E-state index contributed by atoms with van der Waals surface area (Å²) >= 11 is 7.58. The highest BCUT2D eigenvalue weighted by atomic mass is 35.5. The second kappa shape index (κ2) is 12.9. The maximum atomic E-state index is 8.68. The fourth-order valence-corrected chi connectivity index (χ4v) is 4.43. The van der Waals surface area contributed by atoms with Gasteiger partial charge >= 0.3 is 0 Å². The maximum absolute atomic E-state index is 8.68. The number of alkyl halides is 1. The third-order valence-corrected chi connectivity index (χ3v) is 6.27. The van der Waals surface area contributed by atoms with Crippen molar-refractivity contribution in [1.82, 2.24) is 4.98 Å². The molecule has 0 aliphatic rings. The lowest BCUT2D eigenvalue weighted by Crippen LogP contribution is -2.12. The molecule has 0 aliphatic heterocycles. The predicted octanol–water partition coefficient (Wildman–Crippen LogP) is 5.36. The summed E-state index contributed by atoms with van der Waals surface area (Å²) in [5.41, 5.74) is 8.25. The van der Waals surface area contributed by atoms with Crippen LogP contribution in [0.3, 0.4) is 0 Å². The Morgan fingerprint density at radius 3 is 2.18 bits per heavy atom. The van der Waals surface area contributed by atoms with Crippen LogP contribution in [0.15, 0.2) is 53.7 Å². The van der Waals surface area contributed by atoms with Gasteiger partial charge in [0, 0.05) is 28.9 Å². The third kappa shape index (κ3) is 7.27. The Labute approximate surface area is 203 Å². The standard InChI is InChI=1S/C24H29ClN4O3S/c1-27-24-28-22(21(33-24)13-14-25)17-5-9-19(10-6-17)31-15-3-2-4-16-32-20-11-7-18(8-12-20)23(26)29-30/h5-12,30H,2-4,13-16H2,1H3,(H2,26,29)(H,27,28). The van der Waals surface area contributed by atoms with Gasteiger partial charge in [-0.2, -0.15) is 0 Å². The largest absolute Gasteiger partial charge is 0.494 e. The number of aromatic nitrogens is 1. The lowest BCUT2D eigenvalue weighted by atomic mass is 10.1. The van der Waals surface area contributed by atoms with Crippen molar-refractivity contribution in [2.24, 2.45) is 10.9 Å². The van der Waals surface area contributed by atoms with Gasteiger partial charge in [-0.25, -0.2) is 4.98 Å². The number of halogens is 1. The van der Waals surface area contributed by atoms with Gasteiger partial charge in [0.25, 0.3) is 0 Å². The van der Waals surface area contributed by atoms with Crippen LogP contribution in [0.25, 0.3) is 11.3 Å². The van der Waals surface area contributed by atoms with E-state index in [4.69, 9.17) is 32.0 Å². The smallest absolute Gasteiger partial charge is 0.183 e. The summed E-state index contributed by atoms with van der Waals surface area (Å²) in [5, 5.41) is 15.7. The van der Waals surface area contributed by atoms with E-state index < -0.39 is 0 Å². The molecule has 7 nitrogen and oxygen atoms in total. The first-order valence-corrected chi connectivity index (χ1v) is 12.2. The minimum atomic E-state index is 0.0818. The average molecular weight is 489 g/mol. The quantitative estimate of drug-likeness (QED) is 0.0747. The summed E-state index contributed by atoms with van der Waals surface area (Å²) < 4.78 is 11.6. The molecule has 33 heavy (non-hydrogen) atoms. The summed E-state index contributed by atoms with van der Waals surface area (Å²) in [6.45, 7) is 1.29. The summed E-state index contributed by atoms with van der Waals surface area (Å²) in [6.07, 6.45) is 3.70. The Morgan fingerprint density at radius 2 is 1.64 bits per heavy atom. The second-order valence-electron chi connectivity index (χ2n) is 7.27. The molecule has 3 rings (SSSR count). The van der Waals surface area contributed by atoms with Crippen LogP contribution in [0.2, 0.25) is 0 Å². The Bertz CT molecular complexity index is 1020. The van der Waals surface area contributed by atoms with Crippen LogP contribution >= 0.6 is 22.9 Å². The SMILES string of the molecule is CNc1nc(-c2ccc(OCCCCCOc3ccc(C(N)=NO)cc3)cc2)c(CCCl)s1. The molecular formula is C24H29ClN4O3S. The highest BCUT2D eigenvalue weighted by molar-refractivity contribution is 7.16. The second-order valence-corrected chi connectivity index (χ2v) is 8.73. The lowest BCUT2D eigenvalue weighted by Gasteiger charge is -2.09. The first-order valence-electron chi connectivity index (χ1n) is 10.8. The van der Waals surface area contributed by atoms with Crippen LogP contribution < -0.4 is 20.5 Å². The maximum Gasteiger partial charge on any atom is 0.183 e. The molecule has 1 heterocycles. The van der Waals surface area contributed by atoms with E-state index in [9.17, 15) is 0 Å². The van der Waals surface area contributed by atoms with E-state index in [0.717, 1.165) is 53.6 Å². The van der Waals surface area contributed by atoms with Crippen molar-refractivity contribution in [2.75, 3.05) is 31.5 Å². The average Bonchev–Trinajstić information content (AvgIpc) is 3.27. The molecule has 9 heteroatoms. The highest BCUT2D eigenvalue weighted by Gasteiger charge is 2.12. The molecule has 0 unspecified atom stereocenters. The molecule has 1 aromatic heterocycles. The van der Waals surface area contributed by atoms with Crippen LogP contribution in [0.4, 0.5) is 5.13 Å². The number of thiazole rings is 1. The van der Waals surface area contributed by atoms with Crippen molar-refractivity contribution in [1.29, 1.82) is 0 Å². The predicted molar refractivity (Wildman–Crippen MR) is 135 cm³/mol. The molecule has 0 radical (unpaired) electrons. The van der Waals surface area contributed by atoms with Crippen LogP contribution in [-0.2, 0) is 6.42 Å². The van der Waals surface area contributed by atoms with Crippen molar-refractivity contribution in [2.45, 2.75) is 25.7 Å². The molecule has 176 valence electrons. The monoisotopic (exact) mass is 488 g/mol. The molecule has 0 fully saturated rings. The van der Waals surface area contributed by atoms with Crippen LogP contribution in [0, 0.1) is 0 Å². The number of unbranched alkanes of at least 4 members (excludes halogenated alkanes) is 2. The topological polar surface area (TPSA) is 102 Å². The Kier molecular flexibility index (Phi) is 9.65. The van der Waals surface area contributed by atoms with Crippen molar-refractivity contribution in [3.63, 3.8) is 0 Å². The zero-order valence-corrected chi connectivity index (χ0v) is 20.2. The van der Waals surface area contributed by atoms with Crippen molar-refractivity contribution in [3.8, 4) is 22.8 Å². The van der Waals surface area contributed by atoms with Gasteiger partial charge in [-0.1, -0.05) is 5.16 Å². The number of nitrogens with zero attached hydrogens (tertiary/aromatic N) is 2. The number of benzene rings is 2. The van der Waals surface area contributed by atoms with Crippen molar-refractivity contribution < 1.29 is 14.7 Å². The molecule has 0 saturated heterocycles. The number of amidine groups is 1. The highest BCUT2D eigenvalue weighted by Crippen LogP contribution is 2.32. The van der Waals surface area contributed by atoms with Gasteiger partial charge in [0.2, 0.25) is 0 Å².